The lowest BCUT2D eigenvalue weighted by Gasteiger charge is -2.39. The number of hydrogen-bond acceptors (Lipinski definition) is 3. The van der Waals surface area contributed by atoms with Gasteiger partial charge < -0.3 is 15.3 Å². The van der Waals surface area contributed by atoms with E-state index >= 15 is 0 Å². The molecule has 2 bridgehead atoms. The third-order valence-electron chi connectivity index (χ3n) is 5.26. The van der Waals surface area contributed by atoms with Crippen LogP contribution in [0, 0.1) is 11.8 Å². The summed E-state index contributed by atoms with van der Waals surface area (Å²) in [6, 6.07) is 0.173. The second kappa shape index (κ2) is 6.81. The standard InChI is InChI=1S/C18H13ClF5N3O2/c19-9-6-11(10(20)5-8(9)18(22,23)24)26-17(29)27-12-1-2-13(27)15(28)14-7(12)3-4-25-16(14)21/h3-6,12-13,15,28H,1-2H2,(H,26,29)/t12-,13?,15?/m1/s1. The lowest BCUT2D eigenvalue weighted by atomic mass is 9.92. The maximum absolute atomic E-state index is 14.2. The molecule has 11 heteroatoms. The van der Waals surface area contributed by atoms with Gasteiger partial charge in [-0.1, -0.05) is 11.6 Å². The number of halogens is 6. The molecule has 1 aromatic heterocycles. The van der Waals surface area contributed by atoms with Crippen LogP contribution in [0.3, 0.4) is 0 Å². The predicted molar refractivity (Wildman–Crippen MR) is 92.2 cm³/mol. The molecule has 0 saturated carbocycles. The number of rotatable bonds is 1. The number of amides is 2. The lowest BCUT2D eigenvalue weighted by Crippen LogP contribution is -2.46. The topological polar surface area (TPSA) is 65.5 Å². The molecule has 29 heavy (non-hydrogen) atoms. The second-order valence-corrected chi connectivity index (χ2v) is 7.26. The predicted octanol–water partition coefficient (Wildman–Crippen LogP) is 4.82. The van der Waals surface area contributed by atoms with Gasteiger partial charge in [0.1, 0.15) is 11.9 Å². The molecular formula is C18H13ClF5N3O2. The first kappa shape index (κ1) is 19.8. The highest BCUT2D eigenvalue weighted by atomic mass is 35.5. The molecule has 154 valence electrons. The lowest BCUT2D eigenvalue weighted by molar-refractivity contribution is -0.137. The van der Waals surface area contributed by atoms with Gasteiger partial charge in [0.15, 0.2) is 0 Å². The zero-order valence-corrected chi connectivity index (χ0v) is 15.2. The van der Waals surface area contributed by atoms with Crippen molar-refractivity contribution in [3.63, 3.8) is 0 Å². The van der Waals surface area contributed by atoms with Crippen molar-refractivity contribution < 1.29 is 31.9 Å². The number of carbonyl (C=O) groups is 1. The highest BCUT2D eigenvalue weighted by molar-refractivity contribution is 6.31. The first-order chi connectivity index (χ1) is 13.6. The average Bonchev–Trinajstić information content (AvgIpc) is 3.01. The molecule has 2 N–H and O–H groups in total. The van der Waals surface area contributed by atoms with Gasteiger partial charge in [-0.05, 0) is 36.6 Å². The molecule has 2 amide bonds. The molecule has 1 fully saturated rings. The molecule has 1 saturated heterocycles. The van der Waals surface area contributed by atoms with E-state index in [2.05, 4.69) is 10.3 Å². The summed E-state index contributed by atoms with van der Waals surface area (Å²) < 4.78 is 66.7. The summed E-state index contributed by atoms with van der Waals surface area (Å²) in [4.78, 5) is 17.5. The summed E-state index contributed by atoms with van der Waals surface area (Å²) in [5.74, 6) is -2.14. The van der Waals surface area contributed by atoms with Crippen LogP contribution in [0.5, 0.6) is 0 Å². The monoisotopic (exact) mass is 433 g/mol. The first-order valence-electron chi connectivity index (χ1n) is 8.57. The Morgan fingerprint density at radius 2 is 2.00 bits per heavy atom. The number of pyridine rings is 1. The zero-order valence-electron chi connectivity index (χ0n) is 14.5. The van der Waals surface area contributed by atoms with Crippen LogP contribution in [0.15, 0.2) is 24.4 Å². The number of urea groups is 1. The quantitative estimate of drug-likeness (QED) is 0.501. The molecule has 2 aliphatic heterocycles. The van der Waals surface area contributed by atoms with E-state index in [1.807, 2.05) is 0 Å². The van der Waals surface area contributed by atoms with Gasteiger partial charge in [0.05, 0.1) is 28.4 Å². The van der Waals surface area contributed by atoms with Gasteiger partial charge >= 0.3 is 12.2 Å². The summed E-state index contributed by atoms with van der Waals surface area (Å²) in [5.41, 5.74) is -1.48. The summed E-state index contributed by atoms with van der Waals surface area (Å²) in [7, 11) is 0. The molecule has 0 spiro atoms. The third-order valence-corrected chi connectivity index (χ3v) is 5.57. The Morgan fingerprint density at radius 3 is 2.69 bits per heavy atom. The molecule has 3 heterocycles. The Kier molecular flexibility index (Phi) is 4.66. The van der Waals surface area contributed by atoms with Crippen molar-refractivity contribution in [2.24, 2.45) is 0 Å². The molecule has 2 unspecified atom stereocenters. The molecule has 0 radical (unpaired) electrons. The van der Waals surface area contributed by atoms with Crippen molar-refractivity contribution in [1.82, 2.24) is 9.88 Å². The Labute approximate surface area is 166 Å². The van der Waals surface area contributed by atoms with Crippen LogP contribution in [0.25, 0.3) is 0 Å². The van der Waals surface area contributed by atoms with Crippen LogP contribution < -0.4 is 5.32 Å². The van der Waals surface area contributed by atoms with Crippen molar-refractivity contribution in [1.29, 1.82) is 0 Å². The maximum atomic E-state index is 14.2. The fourth-order valence-corrected chi connectivity index (χ4v) is 4.29. The fraction of sp³-hybridized carbons (Fsp3) is 0.333. The SMILES string of the molecule is O=C(Nc1cc(Cl)c(C(F)(F)F)cc1F)N1C2CC[C@@H]1c1ccnc(F)c1C2O. The van der Waals surface area contributed by atoms with E-state index in [1.54, 1.807) is 0 Å². The number of aliphatic hydroxyl groups is 1. The average molecular weight is 434 g/mol. The number of alkyl halides is 3. The molecule has 1 aromatic carbocycles. The van der Waals surface area contributed by atoms with Crippen LogP contribution in [0.1, 0.15) is 41.7 Å². The van der Waals surface area contributed by atoms with E-state index in [-0.39, 0.29) is 11.6 Å². The summed E-state index contributed by atoms with van der Waals surface area (Å²) in [6.07, 6.45) is -4.17. The number of benzene rings is 1. The molecule has 2 aliphatic rings. The van der Waals surface area contributed by atoms with E-state index in [1.165, 1.54) is 17.2 Å². The van der Waals surface area contributed by atoms with Crippen molar-refractivity contribution in [3.8, 4) is 0 Å². The minimum atomic E-state index is -4.85. The van der Waals surface area contributed by atoms with E-state index < -0.39 is 58.4 Å². The van der Waals surface area contributed by atoms with E-state index in [0.29, 0.717) is 24.5 Å². The number of hydrogen-bond donors (Lipinski definition) is 2. The van der Waals surface area contributed by atoms with Crippen LogP contribution in [0.2, 0.25) is 5.02 Å². The number of carbonyl (C=O) groups excluding carboxylic acids is 1. The van der Waals surface area contributed by atoms with Crippen molar-refractivity contribution >= 4 is 23.3 Å². The van der Waals surface area contributed by atoms with E-state index in [4.69, 9.17) is 11.6 Å². The summed E-state index contributed by atoms with van der Waals surface area (Å²) in [6.45, 7) is 0. The van der Waals surface area contributed by atoms with Gasteiger partial charge in [-0.2, -0.15) is 17.6 Å². The second-order valence-electron chi connectivity index (χ2n) is 6.86. The van der Waals surface area contributed by atoms with Crippen LogP contribution in [-0.4, -0.2) is 27.1 Å². The molecular weight excluding hydrogens is 421 g/mol. The Balaban J connectivity index is 1.64. The van der Waals surface area contributed by atoms with Crippen LogP contribution in [0.4, 0.5) is 32.4 Å². The summed E-state index contributed by atoms with van der Waals surface area (Å²) in [5, 5.41) is 12.0. The van der Waals surface area contributed by atoms with Crippen LogP contribution >= 0.6 is 11.6 Å². The normalized spacial score (nSPS) is 23.1. The number of nitrogens with one attached hydrogen (secondary N) is 1. The van der Waals surface area contributed by atoms with Gasteiger partial charge in [0.2, 0.25) is 5.95 Å². The number of fused-ring (bicyclic) bond motifs is 4. The molecule has 0 aliphatic carbocycles. The Morgan fingerprint density at radius 1 is 1.28 bits per heavy atom. The van der Waals surface area contributed by atoms with Gasteiger partial charge in [-0.15, -0.1) is 0 Å². The maximum Gasteiger partial charge on any atom is 0.417 e. The van der Waals surface area contributed by atoms with E-state index in [0.717, 1.165) is 0 Å². The highest BCUT2D eigenvalue weighted by Gasteiger charge is 2.49. The number of aliphatic hydroxyl groups excluding tert-OH is 1. The first-order valence-corrected chi connectivity index (χ1v) is 8.95. The van der Waals surface area contributed by atoms with Gasteiger partial charge in [0, 0.05) is 11.8 Å². The van der Waals surface area contributed by atoms with E-state index in [9.17, 15) is 31.9 Å². The van der Waals surface area contributed by atoms with Gasteiger partial charge in [-0.3, -0.25) is 0 Å². The third kappa shape index (κ3) is 3.20. The largest absolute Gasteiger partial charge is 0.417 e. The zero-order chi connectivity index (χ0) is 21.1. The van der Waals surface area contributed by atoms with Gasteiger partial charge in [0.25, 0.3) is 0 Å². The number of aromatic nitrogens is 1. The number of nitrogens with zero attached hydrogens (tertiary/aromatic N) is 2. The Bertz CT molecular complexity index is 1000. The highest BCUT2D eigenvalue weighted by Crippen LogP contribution is 2.49. The molecule has 5 nitrogen and oxygen atoms in total. The van der Waals surface area contributed by atoms with Crippen molar-refractivity contribution in [3.05, 3.63) is 57.9 Å². The van der Waals surface area contributed by atoms with Crippen molar-refractivity contribution in [2.75, 3.05) is 5.32 Å². The van der Waals surface area contributed by atoms with Gasteiger partial charge in [-0.25, -0.2) is 14.2 Å². The summed E-state index contributed by atoms with van der Waals surface area (Å²) >= 11 is 5.59. The molecule has 4 rings (SSSR count). The minimum absolute atomic E-state index is 0.0211. The Hall–Kier alpha value is -2.46. The molecule has 2 aromatic rings. The molecule has 3 atom stereocenters. The smallest absolute Gasteiger partial charge is 0.386 e. The number of anilines is 1. The van der Waals surface area contributed by atoms with Crippen molar-refractivity contribution in [2.45, 2.75) is 37.2 Å². The fourth-order valence-electron chi connectivity index (χ4n) is 4.02. The minimum Gasteiger partial charge on any atom is -0.386 e. The van der Waals surface area contributed by atoms with Crippen LogP contribution in [-0.2, 0) is 6.18 Å².